The van der Waals surface area contributed by atoms with E-state index in [0.717, 1.165) is 34.1 Å². The molecule has 2 aliphatic carbocycles. The summed E-state index contributed by atoms with van der Waals surface area (Å²) in [5.74, 6) is -0.225. The number of nitrogens with one attached hydrogen (secondary N) is 1. The molecule has 4 heteroatoms. The van der Waals surface area contributed by atoms with Gasteiger partial charge in [0.1, 0.15) is 10.8 Å². The Morgan fingerprint density at radius 1 is 1.32 bits per heavy atom. The summed E-state index contributed by atoms with van der Waals surface area (Å²) in [6.07, 6.45) is 13.7. The molecule has 1 amide bonds. The third-order valence-electron chi connectivity index (χ3n) is 3.74. The van der Waals surface area contributed by atoms with Gasteiger partial charge < -0.3 is 14.6 Å². The fourth-order valence-electron chi connectivity index (χ4n) is 2.55. The molecule has 112 valence electrons. The van der Waals surface area contributed by atoms with Gasteiger partial charge in [0.15, 0.2) is 0 Å². The number of hydrogen-bond donors (Lipinski definition) is 1. The maximum absolute atomic E-state index is 11.5. The van der Waals surface area contributed by atoms with E-state index < -0.39 is 0 Å². The Labute approximate surface area is 129 Å². The zero-order chi connectivity index (χ0) is 15.7. The predicted octanol–water partition coefficient (Wildman–Crippen LogP) is 1.06. The maximum atomic E-state index is 11.5. The molecule has 1 heterocycles. The molecule has 3 rings (SSSR count). The van der Waals surface area contributed by atoms with E-state index in [-0.39, 0.29) is 5.91 Å². The summed E-state index contributed by atoms with van der Waals surface area (Å²) in [6, 6.07) is 0. The number of rotatable bonds is 3. The fourth-order valence-corrected chi connectivity index (χ4v) is 2.55. The van der Waals surface area contributed by atoms with Crippen LogP contribution in [0.15, 0.2) is 46.7 Å². The van der Waals surface area contributed by atoms with Crippen molar-refractivity contribution in [3.05, 3.63) is 64.2 Å². The highest BCUT2D eigenvalue weighted by molar-refractivity contribution is 5.89. The van der Waals surface area contributed by atoms with Crippen LogP contribution in [0.2, 0.25) is 0 Å². The minimum absolute atomic E-state index is 0.225. The van der Waals surface area contributed by atoms with Crippen molar-refractivity contribution in [1.82, 2.24) is 10.2 Å². The largest absolute Gasteiger partial charge is 0.456 e. The molecule has 22 heavy (non-hydrogen) atoms. The lowest BCUT2D eigenvalue weighted by molar-refractivity contribution is -0.115. The highest BCUT2D eigenvalue weighted by atomic mass is 16.3. The summed E-state index contributed by atoms with van der Waals surface area (Å²) in [5, 5.41) is 2.80. The highest BCUT2D eigenvalue weighted by Crippen LogP contribution is 2.17. The van der Waals surface area contributed by atoms with Gasteiger partial charge in [-0.05, 0) is 36.5 Å². The molecule has 0 bridgehead atoms. The maximum Gasteiger partial charge on any atom is 0.247 e. The van der Waals surface area contributed by atoms with Crippen LogP contribution in [0.1, 0.15) is 11.1 Å². The monoisotopic (exact) mass is 294 g/mol. The molecule has 0 aliphatic heterocycles. The first-order valence-corrected chi connectivity index (χ1v) is 7.12. The number of furan rings is 1. The number of likely N-dealkylation sites (N-methyl/N-ethyl adjacent to an activating group) is 1. The van der Waals surface area contributed by atoms with Crippen LogP contribution in [0.5, 0.6) is 0 Å². The minimum Gasteiger partial charge on any atom is -0.456 e. The lowest BCUT2D eigenvalue weighted by Gasteiger charge is -2.18. The van der Waals surface area contributed by atoms with Gasteiger partial charge in [0.2, 0.25) is 5.91 Å². The SMILES string of the molecule is C=CC(=O)NC1=Cc2c3c(oc2=CC=C1)=CC=C(N(C)C)C3. The first-order valence-electron chi connectivity index (χ1n) is 7.12. The highest BCUT2D eigenvalue weighted by Gasteiger charge is 2.17. The molecule has 0 saturated heterocycles. The molecule has 0 radical (unpaired) electrons. The molecule has 2 aliphatic rings. The van der Waals surface area contributed by atoms with E-state index in [1.807, 2.05) is 44.5 Å². The number of fused-ring (bicyclic) bond motifs is 3. The van der Waals surface area contributed by atoms with Crippen molar-refractivity contribution in [2.75, 3.05) is 14.1 Å². The molecular formula is C18H18N2O2. The quantitative estimate of drug-likeness (QED) is 0.848. The second kappa shape index (κ2) is 5.56. The van der Waals surface area contributed by atoms with Crippen molar-refractivity contribution in [2.45, 2.75) is 6.42 Å². The fraction of sp³-hybridized carbons (Fsp3) is 0.167. The Morgan fingerprint density at radius 3 is 2.86 bits per heavy atom. The number of amides is 1. The van der Waals surface area contributed by atoms with Crippen LogP contribution in [-0.2, 0) is 11.2 Å². The Morgan fingerprint density at radius 2 is 2.14 bits per heavy atom. The molecule has 1 aromatic rings. The number of carbonyl (C=O) groups excluding carboxylic acids is 1. The summed E-state index contributed by atoms with van der Waals surface area (Å²) in [4.78, 5) is 13.6. The third-order valence-corrected chi connectivity index (χ3v) is 3.74. The van der Waals surface area contributed by atoms with Crippen LogP contribution in [0.25, 0.3) is 18.2 Å². The van der Waals surface area contributed by atoms with Crippen LogP contribution in [0, 0.1) is 0 Å². The van der Waals surface area contributed by atoms with Crippen LogP contribution in [0.3, 0.4) is 0 Å². The van der Waals surface area contributed by atoms with E-state index >= 15 is 0 Å². The second-order valence-electron chi connectivity index (χ2n) is 5.44. The molecule has 0 unspecified atom stereocenters. The zero-order valence-electron chi connectivity index (χ0n) is 12.7. The third kappa shape index (κ3) is 2.55. The topological polar surface area (TPSA) is 45.5 Å². The standard InChI is InChI=1S/C18H18N2O2/c1-4-18(21)19-12-6-5-7-16-14(10-12)15-11-13(20(2)3)8-9-17(15)22-16/h4-10H,1,11H2,2-3H3,(H,19,21). The molecular weight excluding hydrogens is 276 g/mol. The average Bonchev–Trinajstić information content (AvgIpc) is 2.71. The van der Waals surface area contributed by atoms with Crippen LogP contribution in [-0.4, -0.2) is 24.9 Å². The Bertz CT molecular complexity index is 848. The van der Waals surface area contributed by atoms with Gasteiger partial charge in [-0.1, -0.05) is 12.7 Å². The number of hydrogen-bond acceptors (Lipinski definition) is 3. The minimum atomic E-state index is -0.225. The second-order valence-corrected chi connectivity index (χ2v) is 5.44. The van der Waals surface area contributed by atoms with Crippen molar-refractivity contribution in [2.24, 2.45) is 0 Å². The van der Waals surface area contributed by atoms with E-state index in [1.165, 1.54) is 11.8 Å². The Balaban J connectivity index is 2.06. The van der Waals surface area contributed by atoms with Gasteiger partial charge in [-0.25, -0.2) is 0 Å². The van der Waals surface area contributed by atoms with Crippen LogP contribution < -0.4 is 16.1 Å². The predicted molar refractivity (Wildman–Crippen MR) is 87.8 cm³/mol. The van der Waals surface area contributed by atoms with E-state index in [9.17, 15) is 4.79 Å². The van der Waals surface area contributed by atoms with Crippen molar-refractivity contribution >= 4 is 24.1 Å². The molecule has 0 atom stereocenters. The van der Waals surface area contributed by atoms with E-state index in [0.29, 0.717) is 0 Å². The van der Waals surface area contributed by atoms with Gasteiger partial charge in [0.05, 0.1) is 0 Å². The molecule has 1 N–H and O–H groups in total. The first-order chi connectivity index (χ1) is 10.6. The smallest absolute Gasteiger partial charge is 0.247 e. The molecule has 4 nitrogen and oxygen atoms in total. The molecule has 1 aromatic heterocycles. The lowest BCUT2D eigenvalue weighted by Crippen LogP contribution is -2.20. The average molecular weight is 294 g/mol. The summed E-state index contributed by atoms with van der Waals surface area (Å²) in [7, 11) is 4.06. The van der Waals surface area contributed by atoms with Crippen molar-refractivity contribution in [3.8, 4) is 0 Å². The van der Waals surface area contributed by atoms with Gasteiger partial charge >= 0.3 is 0 Å². The molecule has 0 saturated carbocycles. The van der Waals surface area contributed by atoms with Gasteiger partial charge in [0, 0.05) is 43.0 Å². The number of nitrogens with zero attached hydrogens (tertiary/aromatic N) is 1. The number of carbonyl (C=O) groups is 1. The Hall–Kier alpha value is -2.75. The molecule has 0 spiro atoms. The number of allylic oxidation sites excluding steroid dienone is 4. The van der Waals surface area contributed by atoms with Gasteiger partial charge in [0.25, 0.3) is 0 Å². The van der Waals surface area contributed by atoms with Gasteiger partial charge in [-0.15, -0.1) is 0 Å². The van der Waals surface area contributed by atoms with Gasteiger partial charge in [-0.3, -0.25) is 4.79 Å². The van der Waals surface area contributed by atoms with Crippen LogP contribution >= 0.6 is 0 Å². The first kappa shape index (κ1) is 14.2. The summed E-state index contributed by atoms with van der Waals surface area (Å²) in [5.41, 5.74) is 5.80. The van der Waals surface area contributed by atoms with E-state index in [2.05, 4.69) is 22.9 Å². The van der Waals surface area contributed by atoms with E-state index in [4.69, 9.17) is 4.42 Å². The van der Waals surface area contributed by atoms with E-state index in [1.54, 1.807) is 0 Å². The van der Waals surface area contributed by atoms with Crippen LogP contribution in [0.4, 0.5) is 0 Å². The molecule has 0 aromatic carbocycles. The van der Waals surface area contributed by atoms with Crippen molar-refractivity contribution < 1.29 is 9.21 Å². The summed E-state index contributed by atoms with van der Waals surface area (Å²) in [6.45, 7) is 3.48. The normalized spacial score (nSPS) is 15.2. The summed E-state index contributed by atoms with van der Waals surface area (Å²) >= 11 is 0. The lowest BCUT2D eigenvalue weighted by atomic mass is 10.0. The van der Waals surface area contributed by atoms with Crippen molar-refractivity contribution in [1.29, 1.82) is 0 Å². The summed E-state index contributed by atoms with van der Waals surface area (Å²) < 4.78 is 5.91. The molecule has 0 fully saturated rings. The Kier molecular flexibility index (Phi) is 3.59. The van der Waals surface area contributed by atoms with Gasteiger partial charge in [-0.2, -0.15) is 0 Å². The zero-order valence-corrected chi connectivity index (χ0v) is 12.7. The van der Waals surface area contributed by atoms with Crippen molar-refractivity contribution in [3.63, 3.8) is 0 Å².